The van der Waals surface area contributed by atoms with Crippen LogP contribution in [0, 0.1) is 12.8 Å². The summed E-state index contributed by atoms with van der Waals surface area (Å²) in [6.07, 6.45) is 3.03. The maximum atomic E-state index is 13.0. The Balaban J connectivity index is 1.53. The normalized spacial score (nSPS) is 16.2. The molecule has 0 spiro atoms. The van der Waals surface area contributed by atoms with Crippen molar-refractivity contribution in [3.05, 3.63) is 45.5 Å². The van der Waals surface area contributed by atoms with E-state index in [1.54, 1.807) is 19.2 Å². The van der Waals surface area contributed by atoms with Crippen molar-refractivity contribution in [2.24, 2.45) is 5.92 Å². The maximum absolute atomic E-state index is 13.0. The first kappa shape index (κ1) is 22.2. The van der Waals surface area contributed by atoms with Gasteiger partial charge in [0, 0.05) is 30.8 Å². The molecule has 1 atom stereocenters. The van der Waals surface area contributed by atoms with Gasteiger partial charge in [0.05, 0.1) is 5.92 Å². The van der Waals surface area contributed by atoms with Crippen LogP contribution in [0.3, 0.4) is 0 Å². The zero-order valence-electron chi connectivity index (χ0n) is 17.7. The van der Waals surface area contributed by atoms with Crippen molar-refractivity contribution in [1.82, 2.24) is 19.9 Å². The van der Waals surface area contributed by atoms with E-state index in [9.17, 15) is 14.4 Å². The Kier molecular flexibility index (Phi) is 6.43. The minimum Gasteiger partial charge on any atom is -0.359 e. The maximum Gasteiger partial charge on any atom is 0.273 e. The first-order chi connectivity index (χ1) is 15.4. The lowest BCUT2D eigenvalue weighted by atomic mass is 9.98. The van der Waals surface area contributed by atoms with Gasteiger partial charge in [0.1, 0.15) is 17.6 Å². The Morgan fingerprint density at radius 2 is 2.16 bits per heavy atom. The number of rotatable bonds is 5. The second kappa shape index (κ2) is 9.25. The van der Waals surface area contributed by atoms with Crippen molar-refractivity contribution < 1.29 is 9.59 Å². The van der Waals surface area contributed by atoms with E-state index < -0.39 is 0 Å². The van der Waals surface area contributed by atoms with Gasteiger partial charge in [0.25, 0.3) is 5.56 Å². The highest BCUT2D eigenvalue weighted by molar-refractivity contribution is 7.22. The third-order valence-electron chi connectivity index (χ3n) is 5.47. The second-order valence-electron chi connectivity index (χ2n) is 7.73. The number of hydrogen-bond acceptors (Lipinski definition) is 7. The number of aryl methyl sites for hydroxylation is 1. The quantitative estimate of drug-likeness (QED) is 0.587. The molecule has 0 aliphatic carbocycles. The summed E-state index contributed by atoms with van der Waals surface area (Å²) in [5.74, 6) is -0.450. The standard InChI is InChI=1S/C21H23ClN6O3S/c1-12-5-6-14(22)8-15(12)25-16(29)10-28-11-24-18-17(20(28)31)32-21(26-18)27-7-3-4-13(9-27)19(30)23-2/h5-6,8,11,13H,3-4,7,9-10H2,1-2H3,(H,23,30)(H,25,29)/t13-/m1/s1. The summed E-state index contributed by atoms with van der Waals surface area (Å²) in [5.41, 5.74) is 1.49. The zero-order chi connectivity index (χ0) is 22.8. The lowest BCUT2D eigenvalue weighted by molar-refractivity contribution is -0.124. The smallest absolute Gasteiger partial charge is 0.273 e. The number of halogens is 1. The molecule has 2 amide bonds. The van der Waals surface area contributed by atoms with E-state index in [2.05, 4.69) is 20.6 Å². The van der Waals surface area contributed by atoms with Crippen LogP contribution >= 0.6 is 22.9 Å². The van der Waals surface area contributed by atoms with Crippen molar-refractivity contribution in [3.8, 4) is 0 Å². The fourth-order valence-electron chi connectivity index (χ4n) is 3.73. The summed E-state index contributed by atoms with van der Waals surface area (Å²) >= 11 is 7.24. The number of anilines is 2. The molecule has 2 N–H and O–H groups in total. The molecule has 3 aromatic rings. The molecule has 32 heavy (non-hydrogen) atoms. The number of aromatic nitrogens is 3. The van der Waals surface area contributed by atoms with Gasteiger partial charge < -0.3 is 15.5 Å². The Labute approximate surface area is 193 Å². The number of carbonyl (C=O) groups is 2. The van der Waals surface area contributed by atoms with E-state index in [-0.39, 0.29) is 29.8 Å². The van der Waals surface area contributed by atoms with Gasteiger partial charge in [0.2, 0.25) is 11.8 Å². The molecule has 0 radical (unpaired) electrons. The van der Waals surface area contributed by atoms with Crippen LogP contribution in [0.1, 0.15) is 18.4 Å². The molecule has 1 aliphatic heterocycles. The molecule has 168 valence electrons. The van der Waals surface area contributed by atoms with Gasteiger partial charge in [-0.1, -0.05) is 29.0 Å². The molecule has 2 aromatic heterocycles. The van der Waals surface area contributed by atoms with Gasteiger partial charge in [-0.15, -0.1) is 0 Å². The molecule has 4 rings (SSSR count). The first-order valence-electron chi connectivity index (χ1n) is 10.2. The molecule has 1 fully saturated rings. The van der Waals surface area contributed by atoms with Gasteiger partial charge in [0.15, 0.2) is 10.8 Å². The average molecular weight is 475 g/mol. The number of benzene rings is 1. The minimum absolute atomic E-state index is 0.0113. The van der Waals surface area contributed by atoms with Crippen molar-refractivity contribution in [1.29, 1.82) is 0 Å². The highest BCUT2D eigenvalue weighted by Crippen LogP contribution is 2.29. The molecule has 0 bridgehead atoms. The molecule has 9 nitrogen and oxygen atoms in total. The van der Waals surface area contributed by atoms with Gasteiger partial charge >= 0.3 is 0 Å². The van der Waals surface area contributed by atoms with Crippen LogP contribution in [-0.2, 0) is 16.1 Å². The Hall–Kier alpha value is -2.98. The zero-order valence-corrected chi connectivity index (χ0v) is 19.3. The van der Waals surface area contributed by atoms with Crippen molar-refractivity contribution in [2.75, 3.05) is 30.4 Å². The molecule has 0 saturated carbocycles. The van der Waals surface area contributed by atoms with Gasteiger partial charge in [-0.2, -0.15) is 4.98 Å². The van der Waals surface area contributed by atoms with Gasteiger partial charge in [-0.05, 0) is 37.5 Å². The van der Waals surface area contributed by atoms with Crippen LogP contribution in [0.25, 0.3) is 10.3 Å². The molecule has 1 aromatic carbocycles. The molecule has 0 unspecified atom stereocenters. The highest BCUT2D eigenvalue weighted by atomic mass is 35.5. The summed E-state index contributed by atoms with van der Waals surface area (Å²) < 4.78 is 1.65. The van der Waals surface area contributed by atoms with Crippen LogP contribution in [0.5, 0.6) is 0 Å². The van der Waals surface area contributed by atoms with Crippen molar-refractivity contribution in [3.63, 3.8) is 0 Å². The number of nitrogens with one attached hydrogen (secondary N) is 2. The van der Waals surface area contributed by atoms with E-state index in [1.165, 1.54) is 22.2 Å². The number of piperidine rings is 1. The molecule has 1 saturated heterocycles. The lowest BCUT2D eigenvalue weighted by Crippen LogP contribution is -2.42. The van der Waals surface area contributed by atoms with Crippen LogP contribution in [-0.4, -0.2) is 46.5 Å². The number of amides is 2. The number of fused-ring (bicyclic) bond motifs is 1. The van der Waals surface area contributed by atoms with E-state index in [0.717, 1.165) is 24.9 Å². The summed E-state index contributed by atoms with van der Waals surface area (Å²) in [5, 5.41) is 6.66. The van der Waals surface area contributed by atoms with Crippen molar-refractivity contribution in [2.45, 2.75) is 26.3 Å². The van der Waals surface area contributed by atoms with E-state index in [0.29, 0.717) is 32.7 Å². The second-order valence-corrected chi connectivity index (χ2v) is 9.15. The highest BCUT2D eigenvalue weighted by Gasteiger charge is 2.27. The Morgan fingerprint density at radius 3 is 2.94 bits per heavy atom. The summed E-state index contributed by atoms with van der Waals surface area (Å²) in [4.78, 5) is 48.3. The predicted molar refractivity (Wildman–Crippen MR) is 125 cm³/mol. The average Bonchev–Trinajstić information content (AvgIpc) is 3.23. The number of carbonyl (C=O) groups excluding carboxylic acids is 2. The summed E-state index contributed by atoms with van der Waals surface area (Å²) in [7, 11) is 1.63. The fourth-order valence-corrected chi connectivity index (χ4v) is 4.90. The van der Waals surface area contributed by atoms with E-state index >= 15 is 0 Å². The van der Waals surface area contributed by atoms with E-state index in [1.807, 2.05) is 17.9 Å². The molecule has 11 heteroatoms. The minimum atomic E-state index is -0.354. The lowest BCUT2D eigenvalue weighted by Gasteiger charge is -2.31. The SMILES string of the molecule is CNC(=O)[C@@H]1CCCN(c2nc3ncn(CC(=O)Nc4cc(Cl)ccc4C)c(=O)c3s2)C1. The van der Waals surface area contributed by atoms with Crippen molar-refractivity contribution >= 4 is 55.9 Å². The van der Waals surface area contributed by atoms with Crippen LogP contribution < -0.4 is 21.1 Å². The number of nitrogens with zero attached hydrogens (tertiary/aromatic N) is 4. The third-order valence-corrected chi connectivity index (χ3v) is 6.80. The monoisotopic (exact) mass is 474 g/mol. The Morgan fingerprint density at radius 1 is 1.34 bits per heavy atom. The topological polar surface area (TPSA) is 109 Å². The Bertz CT molecular complexity index is 1240. The third kappa shape index (κ3) is 4.61. The molecular weight excluding hydrogens is 452 g/mol. The van der Waals surface area contributed by atoms with Crippen LogP contribution in [0.4, 0.5) is 10.8 Å². The molecule has 3 heterocycles. The van der Waals surface area contributed by atoms with E-state index in [4.69, 9.17) is 11.6 Å². The molecular formula is C21H23ClN6O3S. The number of thiazole rings is 1. The largest absolute Gasteiger partial charge is 0.359 e. The summed E-state index contributed by atoms with van der Waals surface area (Å²) in [6.45, 7) is 3.00. The van der Waals surface area contributed by atoms with Gasteiger partial charge in [-0.3, -0.25) is 19.0 Å². The fraction of sp³-hybridized carbons (Fsp3) is 0.381. The first-order valence-corrected chi connectivity index (χ1v) is 11.4. The van der Waals surface area contributed by atoms with Crippen LogP contribution in [0.2, 0.25) is 5.02 Å². The summed E-state index contributed by atoms with van der Waals surface area (Å²) in [6, 6.07) is 5.22. The van der Waals surface area contributed by atoms with Gasteiger partial charge in [-0.25, -0.2) is 4.98 Å². The molecule has 1 aliphatic rings. The van der Waals surface area contributed by atoms with Crippen LogP contribution in [0.15, 0.2) is 29.3 Å². The predicted octanol–water partition coefficient (Wildman–Crippen LogP) is 2.42. The number of hydrogen-bond donors (Lipinski definition) is 2.